The zero-order valence-corrected chi connectivity index (χ0v) is 10.2. The van der Waals surface area contributed by atoms with E-state index in [1.54, 1.807) is 12.1 Å². The van der Waals surface area contributed by atoms with Crippen molar-refractivity contribution in [3.8, 4) is 0 Å². The summed E-state index contributed by atoms with van der Waals surface area (Å²) in [4.78, 5) is 14.9. The molecule has 2 rings (SSSR count). The molecule has 1 heterocycles. The fraction of sp³-hybridized carbons (Fsp3) is 0.308. The van der Waals surface area contributed by atoms with Gasteiger partial charge in [-0.25, -0.2) is 4.79 Å². The second-order valence-corrected chi connectivity index (χ2v) is 4.99. The van der Waals surface area contributed by atoms with Gasteiger partial charge in [0.2, 0.25) is 0 Å². The molecule has 0 aliphatic heterocycles. The van der Waals surface area contributed by atoms with Gasteiger partial charge in [-0.2, -0.15) is 0 Å². The molecule has 0 radical (unpaired) electrons. The molecule has 90 valence electrons. The third-order valence-electron chi connectivity index (χ3n) is 2.32. The molecule has 0 spiro atoms. The highest BCUT2D eigenvalue weighted by Crippen LogP contribution is 2.22. The molecule has 0 atom stereocenters. The lowest BCUT2D eigenvalue weighted by atomic mass is 10.2. The summed E-state index contributed by atoms with van der Waals surface area (Å²) in [6.45, 7) is 5.51. The zero-order chi connectivity index (χ0) is 12.6. The standard InChI is InChI=1S/C13H16N2O2/c1-13(2,3)17-12(16)11-7-8-9(14)5-4-6-10(8)15-11/h4-7,15H,14H2,1-3H3. The summed E-state index contributed by atoms with van der Waals surface area (Å²) in [7, 11) is 0. The first-order valence-corrected chi connectivity index (χ1v) is 5.47. The minimum atomic E-state index is -0.500. The predicted octanol–water partition coefficient (Wildman–Crippen LogP) is 2.71. The molecular weight excluding hydrogens is 216 g/mol. The fourth-order valence-electron chi connectivity index (χ4n) is 1.62. The van der Waals surface area contributed by atoms with E-state index < -0.39 is 5.60 Å². The second kappa shape index (κ2) is 3.80. The van der Waals surface area contributed by atoms with Crippen molar-refractivity contribution in [2.45, 2.75) is 26.4 Å². The maximum absolute atomic E-state index is 11.8. The molecule has 4 nitrogen and oxygen atoms in total. The number of aromatic amines is 1. The van der Waals surface area contributed by atoms with Gasteiger partial charge in [0, 0.05) is 16.6 Å². The van der Waals surface area contributed by atoms with E-state index in [2.05, 4.69) is 4.98 Å². The van der Waals surface area contributed by atoms with Crippen LogP contribution >= 0.6 is 0 Å². The van der Waals surface area contributed by atoms with Crippen LogP contribution in [0, 0.1) is 0 Å². The zero-order valence-electron chi connectivity index (χ0n) is 10.2. The van der Waals surface area contributed by atoms with Crippen LogP contribution in [0.3, 0.4) is 0 Å². The highest BCUT2D eigenvalue weighted by molar-refractivity contribution is 5.99. The number of ether oxygens (including phenoxy) is 1. The number of H-pyrrole nitrogens is 1. The van der Waals surface area contributed by atoms with Crippen molar-refractivity contribution in [2.75, 3.05) is 5.73 Å². The first-order chi connectivity index (χ1) is 7.87. The average Bonchev–Trinajstić information content (AvgIpc) is 2.60. The Kier molecular flexibility index (Phi) is 2.58. The SMILES string of the molecule is CC(C)(C)OC(=O)c1cc2c(N)cccc2[nH]1. The smallest absolute Gasteiger partial charge is 0.355 e. The fourth-order valence-corrected chi connectivity index (χ4v) is 1.62. The number of fused-ring (bicyclic) bond motifs is 1. The van der Waals surface area contributed by atoms with Gasteiger partial charge in [0.15, 0.2) is 0 Å². The third-order valence-corrected chi connectivity index (χ3v) is 2.32. The second-order valence-electron chi connectivity index (χ2n) is 4.99. The minimum absolute atomic E-state index is 0.367. The molecule has 0 unspecified atom stereocenters. The lowest BCUT2D eigenvalue weighted by Crippen LogP contribution is -2.24. The van der Waals surface area contributed by atoms with Crippen molar-refractivity contribution in [1.29, 1.82) is 0 Å². The Labute approximate surface area is 99.8 Å². The molecule has 0 fully saturated rings. The predicted molar refractivity (Wildman–Crippen MR) is 67.9 cm³/mol. The molecule has 1 aromatic heterocycles. The Bertz CT molecular complexity index is 564. The molecule has 1 aromatic carbocycles. The highest BCUT2D eigenvalue weighted by Gasteiger charge is 2.19. The van der Waals surface area contributed by atoms with Crippen LogP contribution in [-0.4, -0.2) is 16.6 Å². The molecule has 2 aromatic rings. The maximum atomic E-state index is 11.8. The van der Waals surface area contributed by atoms with E-state index >= 15 is 0 Å². The Morgan fingerprint density at radius 1 is 1.35 bits per heavy atom. The van der Waals surface area contributed by atoms with Crippen LogP contribution in [0.4, 0.5) is 5.69 Å². The molecule has 17 heavy (non-hydrogen) atoms. The van der Waals surface area contributed by atoms with Crippen LogP contribution in [-0.2, 0) is 4.74 Å². The number of hydrogen-bond donors (Lipinski definition) is 2. The molecule has 0 amide bonds. The van der Waals surface area contributed by atoms with E-state index in [9.17, 15) is 4.79 Å². The summed E-state index contributed by atoms with van der Waals surface area (Å²) in [6.07, 6.45) is 0. The van der Waals surface area contributed by atoms with E-state index in [4.69, 9.17) is 10.5 Å². The van der Waals surface area contributed by atoms with Gasteiger partial charge in [0.05, 0.1) is 0 Å². The van der Waals surface area contributed by atoms with Gasteiger partial charge in [0.1, 0.15) is 11.3 Å². The van der Waals surface area contributed by atoms with Crippen LogP contribution in [0.25, 0.3) is 10.9 Å². The summed E-state index contributed by atoms with van der Waals surface area (Å²) in [5.41, 5.74) is 7.23. The molecule has 0 saturated carbocycles. The summed E-state index contributed by atoms with van der Waals surface area (Å²) in [6, 6.07) is 7.24. The van der Waals surface area contributed by atoms with E-state index in [0.717, 1.165) is 10.9 Å². The average molecular weight is 232 g/mol. The molecule has 0 aliphatic rings. The molecule has 0 bridgehead atoms. The van der Waals surface area contributed by atoms with Crippen LogP contribution in [0.1, 0.15) is 31.3 Å². The third kappa shape index (κ3) is 2.41. The maximum Gasteiger partial charge on any atom is 0.355 e. The highest BCUT2D eigenvalue weighted by atomic mass is 16.6. The molecule has 4 heteroatoms. The largest absolute Gasteiger partial charge is 0.455 e. The van der Waals surface area contributed by atoms with E-state index in [1.165, 1.54) is 0 Å². The lowest BCUT2D eigenvalue weighted by molar-refractivity contribution is 0.00639. The molecular formula is C13H16N2O2. The Balaban J connectivity index is 2.37. The van der Waals surface area contributed by atoms with Gasteiger partial charge in [-0.05, 0) is 39.0 Å². The quantitative estimate of drug-likeness (QED) is 0.586. The van der Waals surface area contributed by atoms with E-state index in [1.807, 2.05) is 32.9 Å². The number of hydrogen-bond acceptors (Lipinski definition) is 3. The van der Waals surface area contributed by atoms with Crippen molar-refractivity contribution >= 4 is 22.6 Å². The van der Waals surface area contributed by atoms with Crippen molar-refractivity contribution < 1.29 is 9.53 Å². The van der Waals surface area contributed by atoms with Crippen LogP contribution in [0.5, 0.6) is 0 Å². The van der Waals surface area contributed by atoms with Crippen molar-refractivity contribution in [1.82, 2.24) is 4.98 Å². The van der Waals surface area contributed by atoms with Gasteiger partial charge in [-0.3, -0.25) is 0 Å². The monoisotopic (exact) mass is 232 g/mol. The number of esters is 1. The van der Waals surface area contributed by atoms with Gasteiger partial charge < -0.3 is 15.5 Å². The number of anilines is 1. The number of nitrogens with one attached hydrogen (secondary N) is 1. The van der Waals surface area contributed by atoms with E-state index in [0.29, 0.717) is 11.4 Å². The molecule has 0 saturated heterocycles. The Morgan fingerprint density at radius 2 is 2.06 bits per heavy atom. The Morgan fingerprint density at radius 3 is 2.65 bits per heavy atom. The number of aromatic nitrogens is 1. The number of carbonyl (C=O) groups is 1. The lowest BCUT2D eigenvalue weighted by Gasteiger charge is -2.18. The normalized spacial score (nSPS) is 11.7. The summed E-state index contributed by atoms with van der Waals surface area (Å²) in [5.74, 6) is -0.367. The Hall–Kier alpha value is -1.97. The van der Waals surface area contributed by atoms with Crippen molar-refractivity contribution in [3.63, 3.8) is 0 Å². The summed E-state index contributed by atoms with van der Waals surface area (Å²) >= 11 is 0. The van der Waals surface area contributed by atoms with Crippen LogP contribution in [0.2, 0.25) is 0 Å². The molecule has 0 aliphatic carbocycles. The first kappa shape index (κ1) is 11.5. The van der Waals surface area contributed by atoms with Gasteiger partial charge in [0.25, 0.3) is 0 Å². The summed E-state index contributed by atoms with van der Waals surface area (Å²) in [5, 5.41) is 0.841. The topological polar surface area (TPSA) is 68.1 Å². The summed E-state index contributed by atoms with van der Waals surface area (Å²) < 4.78 is 5.28. The first-order valence-electron chi connectivity index (χ1n) is 5.47. The van der Waals surface area contributed by atoms with Gasteiger partial charge in [-0.15, -0.1) is 0 Å². The van der Waals surface area contributed by atoms with Crippen LogP contribution in [0.15, 0.2) is 24.3 Å². The minimum Gasteiger partial charge on any atom is -0.455 e. The van der Waals surface area contributed by atoms with Gasteiger partial charge >= 0.3 is 5.97 Å². The number of nitrogen functional groups attached to an aromatic ring is 1. The van der Waals surface area contributed by atoms with Crippen molar-refractivity contribution in [3.05, 3.63) is 30.0 Å². The van der Waals surface area contributed by atoms with E-state index in [-0.39, 0.29) is 5.97 Å². The van der Waals surface area contributed by atoms with Crippen molar-refractivity contribution in [2.24, 2.45) is 0 Å². The van der Waals surface area contributed by atoms with Crippen LogP contribution < -0.4 is 5.73 Å². The number of nitrogens with two attached hydrogens (primary N) is 1. The number of benzene rings is 1. The number of carbonyl (C=O) groups excluding carboxylic acids is 1. The number of rotatable bonds is 1. The van der Waals surface area contributed by atoms with Gasteiger partial charge in [-0.1, -0.05) is 6.07 Å². The molecule has 3 N–H and O–H groups in total.